The predicted octanol–water partition coefficient (Wildman–Crippen LogP) is 3.78. The first-order valence-electron chi connectivity index (χ1n) is 12.9. The molecule has 6 heteroatoms. The highest BCUT2D eigenvalue weighted by Crippen LogP contribution is 2.68. The normalized spacial score (nSPS) is 47.8. The molecule has 0 radical (unpaired) electrons. The minimum absolute atomic E-state index is 0.150. The highest BCUT2D eigenvalue weighted by molar-refractivity contribution is 5.84. The Morgan fingerprint density at radius 1 is 1.12 bits per heavy atom. The van der Waals surface area contributed by atoms with Crippen LogP contribution in [0.5, 0.6) is 0 Å². The van der Waals surface area contributed by atoms with Gasteiger partial charge in [0.25, 0.3) is 0 Å². The molecule has 1 aliphatic heterocycles. The molecular weight excluding hydrogens is 402 g/mol. The smallest absolute Gasteiger partial charge is 0.157 e. The van der Waals surface area contributed by atoms with Gasteiger partial charge in [-0.05, 0) is 99.2 Å². The van der Waals surface area contributed by atoms with Gasteiger partial charge >= 0.3 is 0 Å². The molecule has 4 fully saturated rings. The van der Waals surface area contributed by atoms with E-state index in [1.165, 1.54) is 32.1 Å². The lowest BCUT2D eigenvalue weighted by Gasteiger charge is -2.62. The Morgan fingerprint density at radius 2 is 1.91 bits per heavy atom. The van der Waals surface area contributed by atoms with Crippen molar-refractivity contribution < 1.29 is 14.6 Å². The molecule has 0 saturated heterocycles. The fourth-order valence-corrected chi connectivity index (χ4v) is 9.06. The van der Waals surface area contributed by atoms with Crippen LogP contribution in [0.2, 0.25) is 0 Å². The van der Waals surface area contributed by atoms with E-state index < -0.39 is 5.60 Å². The summed E-state index contributed by atoms with van der Waals surface area (Å²) in [7, 11) is 1.70. The number of carbonyl (C=O) groups excluding carboxylic acids is 1. The molecule has 0 aromatic carbocycles. The SMILES string of the molecule is COCC1(O)CCC2(C)C(CCC3C2CCC2(C)C(C(=O)CN4NNC=C4C)CCC32)C1. The van der Waals surface area contributed by atoms with Crippen molar-refractivity contribution in [3.05, 3.63) is 11.9 Å². The summed E-state index contributed by atoms with van der Waals surface area (Å²) >= 11 is 0. The molecule has 8 unspecified atom stereocenters. The summed E-state index contributed by atoms with van der Waals surface area (Å²) in [6, 6.07) is 0. The van der Waals surface area contributed by atoms with Crippen LogP contribution >= 0.6 is 0 Å². The number of hydrogen-bond donors (Lipinski definition) is 3. The Hall–Kier alpha value is -1.11. The van der Waals surface area contributed by atoms with Crippen LogP contribution in [-0.2, 0) is 9.53 Å². The molecule has 8 atom stereocenters. The minimum Gasteiger partial charge on any atom is -0.387 e. The maximum absolute atomic E-state index is 13.4. The monoisotopic (exact) mass is 445 g/mol. The van der Waals surface area contributed by atoms with E-state index in [-0.39, 0.29) is 11.3 Å². The maximum atomic E-state index is 13.4. The van der Waals surface area contributed by atoms with Gasteiger partial charge in [0, 0.05) is 24.9 Å². The molecule has 0 aromatic heterocycles. The zero-order valence-corrected chi connectivity index (χ0v) is 20.5. The first-order valence-corrected chi connectivity index (χ1v) is 12.9. The summed E-state index contributed by atoms with van der Waals surface area (Å²) in [4.78, 5) is 13.4. The lowest BCUT2D eigenvalue weighted by molar-refractivity contribution is -0.164. The summed E-state index contributed by atoms with van der Waals surface area (Å²) in [6.07, 6.45) is 12.0. The van der Waals surface area contributed by atoms with E-state index in [2.05, 4.69) is 24.8 Å². The Labute approximate surface area is 193 Å². The van der Waals surface area contributed by atoms with E-state index in [0.29, 0.717) is 36.2 Å². The first kappa shape index (κ1) is 22.7. The van der Waals surface area contributed by atoms with Crippen molar-refractivity contribution in [1.82, 2.24) is 16.0 Å². The highest BCUT2D eigenvalue weighted by atomic mass is 16.5. The van der Waals surface area contributed by atoms with E-state index in [4.69, 9.17) is 4.74 Å². The van der Waals surface area contributed by atoms with Crippen LogP contribution in [0.3, 0.4) is 0 Å². The molecular formula is C26H43N3O3. The topological polar surface area (TPSA) is 73.8 Å². The van der Waals surface area contributed by atoms with Gasteiger partial charge in [-0.25, -0.2) is 0 Å². The van der Waals surface area contributed by atoms with Gasteiger partial charge in [0.05, 0.1) is 18.8 Å². The molecule has 32 heavy (non-hydrogen) atoms. The lowest BCUT2D eigenvalue weighted by atomic mass is 9.44. The fourth-order valence-electron chi connectivity index (χ4n) is 9.06. The number of ether oxygens (including phenoxy) is 1. The second kappa shape index (κ2) is 7.99. The van der Waals surface area contributed by atoms with Gasteiger partial charge in [0.2, 0.25) is 0 Å². The average Bonchev–Trinajstić information content (AvgIpc) is 3.31. The molecule has 0 spiro atoms. The van der Waals surface area contributed by atoms with Crippen molar-refractivity contribution in [2.45, 2.75) is 84.2 Å². The summed E-state index contributed by atoms with van der Waals surface area (Å²) in [5.41, 5.74) is 7.00. The second-order valence-electron chi connectivity index (χ2n) is 12.3. The molecule has 5 aliphatic rings. The molecule has 180 valence electrons. The van der Waals surface area contributed by atoms with Gasteiger partial charge in [-0.2, -0.15) is 0 Å². The Morgan fingerprint density at radius 3 is 2.62 bits per heavy atom. The van der Waals surface area contributed by atoms with Crippen LogP contribution in [0.1, 0.15) is 78.6 Å². The van der Waals surface area contributed by atoms with E-state index in [1.54, 1.807) is 7.11 Å². The largest absolute Gasteiger partial charge is 0.387 e. The molecule has 0 amide bonds. The van der Waals surface area contributed by atoms with Crippen LogP contribution < -0.4 is 11.0 Å². The highest BCUT2D eigenvalue weighted by Gasteiger charge is 2.62. The molecule has 5 rings (SSSR count). The van der Waals surface area contributed by atoms with Crippen molar-refractivity contribution in [3.63, 3.8) is 0 Å². The zero-order chi connectivity index (χ0) is 22.7. The van der Waals surface area contributed by atoms with Gasteiger partial charge in [-0.3, -0.25) is 9.80 Å². The Kier molecular flexibility index (Phi) is 5.66. The third-order valence-corrected chi connectivity index (χ3v) is 10.8. The first-order chi connectivity index (χ1) is 15.2. The average molecular weight is 446 g/mol. The van der Waals surface area contributed by atoms with Gasteiger partial charge in [0.15, 0.2) is 5.78 Å². The van der Waals surface area contributed by atoms with Crippen molar-refractivity contribution >= 4 is 5.78 Å². The van der Waals surface area contributed by atoms with Crippen LogP contribution in [0, 0.1) is 40.4 Å². The zero-order valence-electron chi connectivity index (χ0n) is 20.5. The molecule has 0 bridgehead atoms. The standard InChI is InChI=1S/C26H43N3O3/c1-17-14-27-28-29(17)15-23(30)22-8-7-20-19-6-5-18-13-26(31,16-32-4)12-11-24(18,2)21(19)9-10-25(20,22)3/h14,18-22,27-28,31H,5-13,15-16H2,1-4H3. The number of methoxy groups -OCH3 is 1. The van der Waals surface area contributed by atoms with Gasteiger partial charge < -0.3 is 15.3 Å². The number of aliphatic hydroxyl groups is 1. The van der Waals surface area contributed by atoms with E-state index in [9.17, 15) is 9.90 Å². The summed E-state index contributed by atoms with van der Waals surface area (Å²) in [5, 5.41) is 13.0. The number of hydrazine groups is 2. The molecule has 6 nitrogen and oxygen atoms in total. The number of rotatable bonds is 5. The van der Waals surface area contributed by atoms with Crippen molar-refractivity contribution in [1.29, 1.82) is 0 Å². The number of fused-ring (bicyclic) bond motifs is 5. The second-order valence-corrected chi connectivity index (χ2v) is 12.3. The quantitative estimate of drug-likeness (QED) is 0.598. The van der Waals surface area contributed by atoms with Gasteiger partial charge in [-0.15, -0.1) is 5.53 Å². The van der Waals surface area contributed by atoms with Crippen molar-refractivity contribution in [3.8, 4) is 0 Å². The van der Waals surface area contributed by atoms with E-state index in [1.807, 2.05) is 18.1 Å². The van der Waals surface area contributed by atoms with Crippen molar-refractivity contribution in [2.24, 2.45) is 40.4 Å². The van der Waals surface area contributed by atoms with Gasteiger partial charge in [0.1, 0.15) is 0 Å². The molecule has 4 saturated carbocycles. The Balaban J connectivity index is 1.31. The number of allylic oxidation sites excluding steroid dienone is 1. The molecule has 3 N–H and O–H groups in total. The summed E-state index contributed by atoms with van der Waals surface area (Å²) in [6.45, 7) is 7.92. The van der Waals surface area contributed by atoms with Crippen molar-refractivity contribution in [2.75, 3.05) is 20.3 Å². The number of carbonyl (C=O) groups is 1. The van der Waals surface area contributed by atoms with Crippen LogP contribution in [-0.4, -0.2) is 41.8 Å². The molecule has 0 aromatic rings. The number of hydrogen-bond acceptors (Lipinski definition) is 6. The van der Waals surface area contributed by atoms with Crippen LogP contribution in [0.4, 0.5) is 0 Å². The predicted molar refractivity (Wildman–Crippen MR) is 124 cm³/mol. The maximum Gasteiger partial charge on any atom is 0.157 e. The third kappa shape index (κ3) is 3.43. The molecule has 4 aliphatic carbocycles. The third-order valence-electron chi connectivity index (χ3n) is 10.8. The minimum atomic E-state index is -0.634. The van der Waals surface area contributed by atoms with E-state index in [0.717, 1.165) is 43.2 Å². The van der Waals surface area contributed by atoms with Gasteiger partial charge in [-0.1, -0.05) is 13.8 Å². The van der Waals surface area contributed by atoms with E-state index >= 15 is 0 Å². The van der Waals surface area contributed by atoms with Crippen LogP contribution in [0.15, 0.2) is 11.9 Å². The number of Topliss-reactive ketones (excluding diaryl/α,β-unsaturated/α-hetero) is 1. The number of nitrogens with one attached hydrogen (secondary N) is 2. The fraction of sp³-hybridized carbons (Fsp3) is 0.885. The molecule has 1 heterocycles. The summed E-state index contributed by atoms with van der Waals surface area (Å²) < 4.78 is 5.36. The number of ketones is 1. The number of nitrogens with zero attached hydrogens (tertiary/aromatic N) is 1. The summed E-state index contributed by atoms with van der Waals surface area (Å²) in [5.74, 6) is 3.36. The van der Waals surface area contributed by atoms with Crippen LogP contribution in [0.25, 0.3) is 0 Å². The Bertz CT molecular complexity index is 786. The lowest BCUT2D eigenvalue weighted by Crippen LogP contribution is -2.57.